The van der Waals surface area contributed by atoms with Crippen LogP contribution in [0.1, 0.15) is 15.2 Å². The van der Waals surface area contributed by atoms with Gasteiger partial charge in [-0.2, -0.15) is 0 Å². The Kier molecular flexibility index (Phi) is 4.82. The van der Waals surface area contributed by atoms with E-state index in [0.29, 0.717) is 36.9 Å². The van der Waals surface area contributed by atoms with Crippen LogP contribution in [-0.4, -0.2) is 21.8 Å². The van der Waals surface area contributed by atoms with Gasteiger partial charge < -0.3 is 10.3 Å². The summed E-state index contributed by atoms with van der Waals surface area (Å²) < 4.78 is 2.16. The summed E-state index contributed by atoms with van der Waals surface area (Å²) >= 11 is 12.7. The highest BCUT2D eigenvalue weighted by atomic mass is 35.5. The number of thiazole rings is 1. The summed E-state index contributed by atoms with van der Waals surface area (Å²) in [6, 6.07) is 14.9. The molecule has 2 N–H and O–H groups in total. The van der Waals surface area contributed by atoms with Gasteiger partial charge in [0.25, 0.3) is 11.5 Å². The van der Waals surface area contributed by atoms with Crippen molar-refractivity contribution in [1.29, 1.82) is 0 Å². The summed E-state index contributed by atoms with van der Waals surface area (Å²) in [6.07, 6.45) is 0.721. The van der Waals surface area contributed by atoms with Crippen molar-refractivity contribution in [3.63, 3.8) is 0 Å². The van der Waals surface area contributed by atoms with E-state index in [0.717, 1.165) is 23.3 Å². The first-order valence-corrected chi connectivity index (χ1v) is 9.84. The van der Waals surface area contributed by atoms with Gasteiger partial charge in [0.05, 0.1) is 10.9 Å². The van der Waals surface area contributed by atoms with Crippen LogP contribution in [0.2, 0.25) is 5.02 Å². The van der Waals surface area contributed by atoms with Crippen molar-refractivity contribution < 1.29 is 4.79 Å². The number of H-pyrrole nitrogens is 1. The number of hydrogen-bond donors (Lipinski definition) is 2. The molecule has 0 saturated heterocycles. The highest BCUT2D eigenvalue weighted by Gasteiger charge is 2.17. The van der Waals surface area contributed by atoms with Gasteiger partial charge in [-0.25, -0.2) is 0 Å². The molecule has 136 valence electrons. The molecule has 0 atom stereocenters. The molecule has 27 heavy (non-hydrogen) atoms. The highest BCUT2D eigenvalue weighted by molar-refractivity contribution is 7.73. The van der Waals surface area contributed by atoms with Crippen molar-refractivity contribution >= 4 is 57.6 Å². The Balaban J connectivity index is 1.70. The third-order valence-electron chi connectivity index (χ3n) is 4.24. The minimum absolute atomic E-state index is 0.262. The summed E-state index contributed by atoms with van der Waals surface area (Å²) in [5.74, 6) is -0.262. The molecule has 2 aromatic heterocycles. The van der Waals surface area contributed by atoms with Crippen LogP contribution in [0.15, 0.2) is 53.3 Å². The van der Waals surface area contributed by atoms with Crippen molar-refractivity contribution in [1.82, 2.24) is 14.7 Å². The van der Waals surface area contributed by atoms with E-state index in [1.54, 1.807) is 22.6 Å². The Morgan fingerprint density at radius 1 is 1.22 bits per heavy atom. The Morgan fingerprint density at radius 2 is 2.00 bits per heavy atom. The fourth-order valence-corrected chi connectivity index (χ4v) is 4.43. The molecule has 1 amide bonds. The summed E-state index contributed by atoms with van der Waals surface area (Å²) in [6.45, 7) is 0.489. The molecule has 0 radical (unpaired) electrons. The second-order valence-electron chi connectivity index (χ2n) is 5.99. The SMILES string of the molecule is O=C(NCCc1ccccc1)c1sc(=S)n2c1[nH]c(=O)c1ccc(Cl)cc12. The van der Waals surface area contributed by atoms with Gasteiger partial charge in [0, 0.05) is 11.6 Å². The van der Waals surface area contributed by atoms with Gasteiger partial charge >= 0.3 is 0 Å². The summed E-state index contributed by atoms with van der Waals surface area (Å²) in [5, 5.41) is 3.86. The smallest absolute Gasteiger partial charge is 0.265 e. The van der Waals surface area contributed by atoms with E-state index in [9.17, 15) is 9.59 Å². The zero-order valence-corrected chi connectivity index (χ0v) is 16.4. The second kappa shape index (κ2) is 7.26. The molecular weight excluding hydrogens is 402 g/mol. The second-order valence-corrected chi connectivity index (χ2v) is 8.07. The number of hydrogen-bond acceptors (Lipinski definition) is 4. The van der Waals surface area contributed by atoms with Gasteiger partial charge in [0.1, 0.15) is 10.5 Å². The van der Waals surface area contributed by atoms with Crippen molar-refractivity contribution in [2.45, 2.75) is 6.42 Å². The Morgan fingerprint density at radius 3 is 2.78 bits per heavy atom. The number of carbonyl (C=O) groups is 1. The van der Waals surface area contributed by atoms with Gasteiger partial charge in [-0.3, -0.25) is 14.0 Å². The largest absolute Gasteiger partial charge is 0.351 e. The number of nitrogens with zero attached hydrogens (tertiary/aromatic N) is 1. The maximum Gasteiger partial charge on any atom is 0.265 e. The van der Waals surface area contributed by atoms with Crippen molar-refractivity contribution in [3.8, 4) is 0 Å². The quantitative estimate of drug-likeness (QED) is 0.491. The molecule has 2 aromatic carbocycles. The first kappa shape index (κ1) is 17.9. The summed E-state index contributed by atoms with van der Waals surface area (Å²) in [7, 11) is 0. The zero-order chi connectivity index (χ0) is 19.0. The normalized spacial score (nSPS) is 11.1. The lowest BCUT2D eigenvalue weighted by molar-refractivity contribution is 0.0959. The maximum atomic E-state index is 12.7. The highest BCUT2D eigenvalue weighted by Crippen LogP contribution is 2.24. The van der Waals surface area contributed by atoms with E-state index in [1.165, 1.54) is 0 Å². The molecule has 0 aliphatic carbocycles. The molecule has 0 unspecified atom stereocenters. The van der Waals surface area contributed by atoms with Crippen LogP contribution in [0.4, 0.5) is 0 Å². The number of benzene rings is 2. The maximum absolute atomic E-state index is 12.7. The molecule has 0 aliphatic rings. The Bertz CT molecular complexity index is 1280. The van der Waals surface area contributed by atoms with Gasteiger partial charge in [0.15, 0.2) is 3.95 Å². The number of aromatic amines is 1. The lowest BCUT2D eigenvalue weighted by Gasteiger charge is -2.06. The van der Waals surface area contributed by atoms with E-state index in [2.05, 4.69) is 10.3 Å². The van der Waals surface area contributed by atoms with Crippen molar-refractivity contribution in [2.75, 3.05) is 6.54 Å². The summed E-state index contributed by atoms with van der Waals surface area (Å²) in [4.78, 5) is 28.2. The zero-order valence-electron chi connectivity index (χ0n) is 14.0. The van der Waals surface area contributed by atoms with E-state index in [4.69, 9.17) is 23.8 Å². The standard InChI is InChI=1S/C19H14ClN3O2S2/c20-12-6-7-13-14(10-12)23-16(22-17(13)24)15(27-19(23)26)18(25)21-9-8-11-4-2-1-3-5-11/h1-7,10H,8-9H2,(H,21,25)(H,22,24). The average molecular weight is 416 g/mol. The predicted octanol–water partition coefficient (Wildman–Crippen LogP) is 4.20. The molecule has 0 bridgehead atoms. The Labute approximate surface area is 168 Å². The lowest BCUT2D eigenvalue weighted by atomic mass is 10.1. The number of nitrogens with one attached hydrogen (secondary N) is 2. The lowest BCUT2D eigenvalue weighted by Crippen LogP contribution is -2.25. The summed E-state index contributed by atoms with van der Waals surface area (Å²) in [5.41, 5.74) is 1.84. The van der Waals surface area contributed by atoms with Crippen LogP contribution in [0.25, 0.3) is 16.6 Å². The van der Waals surface area contributed by atoms with E-state index in [-0.39, 0.29) is 11.5 Å². The number of carbonyl (C=O) groups excluding carboxylic acids is 1. The van der Waals surface area contributed by atoms with Crippen LogP contribution in [0, 0.1) is 3.95 Å². The first-order chi connectivity index (χ1) is 13.0. The van der Waals surface area contributed by atoms with Gasteiger partial charge in [-0.05, 0) is 42.4 Å². The molecule has 0 saturated carbocycles. The van der Waals surface area contributed by atoms with E-state index in [1.807, 2.05) is 30.3 Å². The fraction of sp³-hybridized carbons (Fsp3) is 0.105. The third kappa shape index (κ3) is 3.41. The molecule has 4 aromatic rings. The van der Waals surface area contributed by atoms with Crippen LogP contribution < -0.4 is 10.9 Å². The van der Waals surface area contributed by atoms with E-state index < -0.39 is 0 Å². The van der Waals surface area contributed by atoms with Gasteiger partial charge in [-0.15, -0.1) is 0 Å². The average Bonchev–Trinajstić information content (AvgIpc) is 2.99. The van der Waals surface area contributed by atoms with Crippen LogP contribution in [0.5, 0.6) is 0 Å². The number of amides is 1. The minimum atomic E-state index is -0.284. The van der Waals surface area contributed by atoms with Gasteiger partial charge in [-0.1, -0.05) is 53.3 Å². The molecule has 0 spiro atoms. The van der Waals surface area contributed by atoms with Crippen molar-refractivity contribution in [3.05, 3.63) is 78.3 Å². The third-order valence-corrected chi connectivity index (χ3v) is 5.84. The number of aromatic nitrogens is 2. The first-order valence-electron chi connectivity index (χ1n) is 8.24. The van der Waals surface area contributed by atoms with Crippen LogP contribution in [0.3, 0.4) is 0 Å². The molecule has 2 heterocycles. The van der Waals surface area contributed by atoms with Crippen LogP contribution >= 0.6 is 35.2 Å². The van der Waals surface area contributed by atoms with Gasteiger partial charge in [0.2, 0.25) is 0 Å². The molecule has 4 rings (SSSR count). The topological polar surface area (TPSA) is 66.4 Å². The van der Waals surface area contributed by atoms with Crippen LogP contribution in [-0.2, 0) is 6.42 Å². The fourth-order valence-electron chi connectivity index (χ4n) is 2.96. The molecule has 0 fully saturated rings. The number of halogens is 1. The molecule has 8 heteroatoms. The minimum Gasteiger partial charge on any atom is -0.351 e. The molecular formula is C19H14ClN3O2S2. The number of fused-ring (bicyclic) bond motifs is 3. The predicted molar refractivity (Wildman–Crippen MR) is 112 cm³/mol. The van der Waals surface area contributed by atoms with Crippen molar-refractivity contribution in [2.24, 2.45) is 0 Å². The molecule has 5 nitrogen and oxygen atoms in total. The monoisotopic (exact) mass is 415 g/mol. The van der Waals surface area contributed by atoms with E-state index >= 15 is 0 Å². The molecule has 0 aliphatic heterocycles. The number of rotatable bonds is 4. The Hall–Kier alpha value is -2.48.